The smallest absolute Gasteiger partial charge is 0.0421 e. The molecule has 0 N–H and O–H groups in total. The van der Waals surface area contributed by atoms with E-state index >= 15 is 0 Å². The number of allylic oxidation sites excluding steroid dienone is 2. The zero-order chi connectivity index (χ0) is 7.40. The molecule has 1 rings (SSSR count). The van der Waals surface area contributed by atoms with E-state index in [0.717, 1.165) is 0 Å². The Kier molecular flexibility index (Phi) is 2.83. The van der Waals surface area contributed by atoms with Gasteiger partial charge in [0, 0.05) is 11.3 Å². The molecule has 0 bridgehead atoms. The normalized spacial score (nSPS) is 24.6. The Labute approximate surface area is 67.3 Å². The Balaban J connectivity index is 2.64. The molecule has 10 heavy (non-hydrogen) atoms. The monoisotopic (exact) mass is 154 g/mol. The molecular weight excluding hydrogens is 144 g/mol. The number of hydrogen-bond acceptors (Lipinski definition) is 0. The van der Waals surface area contributed by atoms with E-state index in [1.807, 2.05) is 0 Å². The number of halogens is 1. The number of rotatable bonds is 0. The molecule has 0 nitrogen and oxygen atoms in total. The largest absolute Gasteiger partial charge is 0.0844 e. The molecule has 1 heteroatoms. The number of hydrogen-bond donors (Lipinski definition) is 0. The Morgan fingerprint density at radius 1 is 1.70 bits per heavy atom. The van der Waals surface area contributed by atoms with Crippen LogP contribution in [0.5, 0.6) is 0 Å². The second-order valence-electron chi connectivity index (χ2n) is 2.67. The van der Waals surface area contributed by atoms with E-state index < -0.39 is 0 Å². The van der Waals surface area contributed by atoms with Crippen LogP contribution >= 0.6 is 11.6 Å². The van der Waals surface area contributed by atoms with E-state index in [2.05, 4.69) is 24.3 Å². The van der Waals surface area contributed by atoms with Crippen LogP contribution in [-0.2, 0) is 0 Å². The van der Waals surface area contributed by atoms with Crippen molar-refractivity contribution in [2.45, 2.75) is 26.2 Å². The van der Waals surface area contributed by atoms with Gasteiger partial charge in [-0.1, -0.05) is 17.6 Å². The predicted molar refractivity (Wildman–Crippen MR) is 44.7 cm³/mol. The van der Waals surface area contributed by atoms with Crippen molar-refractivity contribution < 1.29 is 0 Å². The van der Waals surface area contributed by atoms with Gasteiger partial charge in [-0.15, -0.1) is 0 Å². The quantitative estimate of drug-likeness (QED) is 0.372. The molecule has 0 aliphatic heterocycles. The Morgan fingerprint density at radius 3 is 3.10 bits per heavy atom. The fourth-order valence-electron chi connectivity index (χ4n) is 1.27. The molecule has 0 aromatic carbocycles. The summed E-state index contributed by atoms with van der Waals surface area (Å²) in [4.78, 5) is 0. The van der Waals surface area contributed by atoms with Crippen LogP contribution in [0.15, 0.2) is 11.6 Å². The van der Waals surface area contributed by atoms with E-state index in [4.69, 9.17) is 11.6 Å². The fraction of sp³-hybridized carbons (Fsp3) is 0.556. The Bertz CT molecular complexity index is 193. The second-order valence-corrected chi connectivity index (χ2v) is 2.86. The molecule has 0 saturated carbocycles. The van der Waals surface area contributed by atoms with Gasteiger partial charge in [0.2, 0.25) is 0 Å². The van der Waals surface area contributed by atoms with Crippen molar-refractivity contribution in [3.63, 3.8) is 0 Å². The third-order valence-electron chi connectivity index (χ3n) is 1.94. The highest BCUT2D eigenvalue weighted by Gasteiger charge is 2.10. The zero-order valence-corrected chi connectivity index (χ0v) is 6.91. The third kappa shape index (κ3) is 1.78. The minimum Gasteiger partial charge on any atom is -0.0844 e. The summed E-state index contributed by atoms with van der Waals surface area (Å²) in [5.74, 6) is 3.42. The lowest BCUT2D eigenvalue weighted by atomic mass is 9.90. The minimum atomic E-state index is 0.436. The van der Waals surface area contributed by atoms with Crippen LogP contribution in [0.25, 0.3) is 0 Å². The molecule has 1 atom stereocenters. The molecule has 1 unspecified atom stereocenters. The van der Waals surface area contributed by atoms with E-state index in [9.17, 15) is 0 Å². The van der Waals surface area contributed by atoms with Crippen LogP contribution in [0.2, 0.25) is 0 Å². The summed E-state index contributed by atoms with van der Waals surface area (Å²) in [7, 11) is 0. The molecule has 0 amide bonds. The molecule has 0 spiro atoms. The topological polar surface area (TPSA) is 0 Å². The maximum absolute atomic E-state index is 5.31. The molecule has 1 aliphatic carbocycles. The first-order chi connectivity index (χ1) is 4.84. The van der Waals surface area contributed by atoms with Crippen molar-refractivity contribution in [1.82, 2.24) is 0 Å². The molecule has 0 aromatic rings. The maximum atomic E-state index is 5.31. The fourth-order valence-corrected chi connectivity index (χ4v) is 1.41. The van der Waals surface area contributed by atoms with Crippen LogP contribution in [0, 0.1) is 17.2 Å². The van der Waals surface area contributed by atoms with Crippen LogP contribution in [0.4, 0.5) is 0 Å². The van der Waals surface area contributed by atoms with E-state index in [-0.39, 0.29) is 0 Å². The van der Waals surface area contributed by atoms with Gasteiger partial charge in [-0.2, -0.15) is 0 Å². The third-order valence-corrected chi connectivity index (χ3v) is 2.05. The first-order valence-electron chi connectivity index (χ1n) is 3.62. The summed E-state index contributed by atoms with van der Waals surface area (Å²) in [6.07, 6.45) is 5.91. The van der Waals surface area contributed by atoms with Gasteiger partial charge < -0.3 is 0 Å². The molecule has 0 fully saturated rings. The van der Waals surface area contributed by atoms with Gasteiger partial charge in [-0.25, -0.2) is 0 Å². The average molecular weight is 155 g/mol. The molecular formula is C9H11Cl. The van der Waals surface area contributed by atoms with Crippen molar-refractivity contribution in [1.29, 1.82) is 0 Å². The lowest BCUT2D eigenvalue weighted by Gasteiger charge is -2.15. The van der Waals surface area contributed by atoms with E-state index in [1.54, 1.807) is 0 Å². The van der Waals surface area contributed by atoms with E-state index in [0.29, 0.717) is 5.92 Å². The van der Waals surface area contributed by atoms with Crippen LogP contribution in [-0.4, -0.2) is 0 Å². The van der Waals surface area contributed by atoms with Gasteiger partial charge in [0.15, 0.2) is 0 Å². The lowest BCUT2D eigenvalue weighted by Crippen LogP contribution is -2.03. The molecule has 0 radical (unpaired) electrons. The summed E-state index contributed by atoms with van der Waals surface area (Å²) in [6, 6.07) is 0. The summed E-state index contributed by atoms with van der Waals surface area (Å²) in [6.45, 7) is 2.13. The SMILES string of the molecule is CC1=CCCCC1C#CCl. The highest BCUT2D eigenvalue weighted by atomic mass is 35.5. The zero-order valence-electron chi connectivity index (χ0n) is 6.15. The summed E-state index contributed by atoms with van der Waals surface area (Å²) < 4.78 is 0. The summed E-state index contributed by atoms with van der Waals surface area (Å²) >= 11 is 5.31. The van der Waals surface area contributed by atoms with Gasteiger partial charge in [0.25, 0.3) is 0 Å². The highest BCUT2D eigenvalue weighted by Crippen LogP contribution is 2.23. The van der Waals surface area contributed by atoms with Crippen LogP contribution in [0.3, 0.4) is 0 Å². The van der Waals surface area contributed by atoms with E-state index in [1.165, 1.54) is 24.8 Å². The predicted octanol–water partition coefficient (Wildman–Crippen LogP) is 2.93. The molecule has 1 aliphatic rings. The Morgan fingerprint density at radius 2 is 2.50 bits per heavy atom. The Hall–Kier alpha value is -0.410. The van der Waals surface area contributed by atoms with Crippen molar-refractivity contribution in [3.05, 3.63) is 11.6 Å². The van der Waals surface area contributed by atoms with Crippen molar-refractivity contribution in [3.8, 4) is 11.3 Å². The van der Waals surface area contributed by atoms with Gasteiger partial charge >= 0.3 is 0 Å². The highest BCUT2D eigenvalue weighted by molar-refractivity contribution is 6.30. The van der Waals surface area contributed by atoms with Crippen LogP contribution < -0.4 is 0 Å². The minimum absolute atomic E-state index is 0.436. The molecule has 0 aromatic heterocycles. The van der Waals surface area contributed by atoms with Gasteiger partial charge in [-0.3, -0.25) is 0 Å². The maximum Gasteiger partial charge on any atom is 0.0421 e. The van der Waals surface area contributed by atoms with Crippen LogP contribution in [0.1, 0.15) is 26.2 Å². The van der Waals surface area contributed by atoms with Crippen molar-refractivity contribution in [2.75, 3.05) is 0 Å². The molecule has 0 heterocycles. The second kappa shape index (κ2) is 3.68. The first-order valence-corrected chi connectivity index (χ1v) is 4.00. The standard InChI is InChI=1S/C9H11Cl/c1-8-4-2-3-5-9(8)6-7-10/h4,9H,2-3,5H2,1H3. The van der Waals surface area contributed by atoms with Crippen molar-refractivity contribution >= 4 is 11.6 Å². The first kappa shape index (κ1) is 7.69. The summed E-state index contributed by atoms with van der Waals surface area (Å²) in [5, 5.41) is 2.45. The van der Waals surface area contributed by atoms with Gasteiger partial charge in [-0.05, 0) is 37.8 Å². The lowest BCUT2D eigenvalue weighted by molar-refractivity contribution is 0.613. The summed E-state index contributed by atoms with van der Waals surface area (Å²) in [5.41, 5.74) is 1.39. The average Bonchev–Trinajstić information content (AvgIpc) is 1.94. The molecule has 0 saturated heterocycles. The molecule has 54 valence electrons. The van der Waals surface area contributed by atoms with Crippen molar-refractivity contribution in [2.24, 2.45) is 5.92 Å². The van der Waals surface area contributed by atoms with Gasteiger partial charge in [0.05, 0.1) is 0 Å². The van der Waals surface area contributed by atoms with Gasteiger partial charge in [0.1, 0.15) is 0 Å².